The topological polar surface area (TPSA) is 115 Å². The van der Waals surface area contributed by atoms with Gasteiger partial charge in [-0.15, -0.1) is 0 Å². The molecule has 0 fully saturated rings. The van der Waals surface area contributed by atoms with Crippen LogP contribution in [0, 0.1) is 20.8 Å². The third-order valence-electron chi connectivity index (χ3n) is 14.1. The summed E-state index contributed by atoms with van der Waals surface area (Å²) < 4.78 is 13.8. The van der Waals surface area contributed by atoms with Crippen LogP contribution in [-0.2, 0) is 6.42 Å². The van der Waals surface area contributed by atoms with E-state index in [1.165, 1.54) is 16.8 Å². The minimum absolute atomic E-state index is 0.0154. The molecule has 0 saturated carbocycles. The maximum Gasteiger partial charge on any atom is 0.248 e. The van der Waals surface area contributed by atoms with E-state index < -0.39 is 5.75 Å². The van der Waals surface area contributed by atoms with E-state index in [1.54, 1.807) is 23.6 Å². The number of allylic oxidation sites excluding steroid dienone is 3. The van der Waals surface area contributed by atoms with Crippen molar-refractivity contribution >= 4 is 49.4 Å². The van der Waals surface area contributed by atoms with Gasteiger partial charge in [0.2, 0.25) is 11.2 Å². The summed E-state index contributed by atoms with van der Waals surface area (Å²) in [5.74, 6) is -1.38. The van der Waals surface area contributed by atoms with Crippen LogP contribution in [0.25, 0.3) is 82.8 Å². The Hall–Kier alpha value is -9.40. The SMILES string of the molecule is CC.CC1/C=C\C=C/Cc2ccccc2N1C.Cc1ccccc1.Cc1ccccc1-c1c(-c2ccccc2)c(O)c2c(ooc3c(C)c(-c4cc5ccccc5c5ccccc45)c(O)c(O)c3n2-c2ccccc2)c1O. The zero-order valence-corrected chi connectivity index (χ0v) is 44.6. The number of para-hydroxylation sites is 2. The molecule has 11 aromatic rings. The average Bonchev–Trinajstić information content (AvgIpc) is 3.62. The van der Waals surface area contributed by atoms with Crippen LogP contribution in [0.1, 0.15) is 43.0 Å². The van der Waals surface area contributed by atoms with E-state index in [0.717, 1.165) is 33.5 Å². The Bertz CT molecular complexity index is 3980. The van der Waals surface area contributed by atoms with Crippen LogP contribution >= 0.6 is 0 Å². The Morgan fingerprint density at radius 3 is 1.75 bits per heavy atom. The molecular weight excluding hydrogens is 953 g/mol. The van der Waals surface area contributed by atoms with Crippen molar-refractivity contribution in [1.29, 1.82) is 0 Å². The van der Waals surface area contributed by atoms with Crippen molar-refractivity contribution in [3.8, 4) is 62.1 Å². The lowest BCUT2D eigenvalue weighted by Crippen LogP contribution is -2.27. The number of phenols is 4. The third-order valence-corrected chi connectivity index (χ3v) is 14.1. The van der Waals surface area contributed by atoms with Crippen LogP contribution < -0.4 is 4.90 Å². The van der Waals surface area contributed by atoms with Crippen LogP contribution in [0.4, 0.5) is 5.69 Å². The van der Waals surface area contributed by atoms with Gasteiger partial charge in [0.15, 0.2) is 23.0 Å². The predicted octanol–water partition coefficient (Wildman–Crippen LogP) is 18.0. The first-order chi connectivity index (χ1) is 37.5. The number of anilines is 1. The van der Waals surface area contributed by atoms with E-state index in [0.29, 0.717) is 50.7 Å². The number of likely N-dealkylation sites (N-methyl/N-ethyl adjacent to an activating group) is 1. The van der Waals surface area contributed by atoms with Gasteiger partial charge in [-0.1, -0.05) is 214 Å². The van der Waals surface area contributed by atoms with Crippen LogP contribution in [0.3, 0.4) is 0 Å². The highest BCUT2D eigenvalue weighted by atomic mass is 17.0. The number of rotatable bonds is 4. The fourth-order valence-electron chi connectivity index (χ4n) is 10.1. The molecule has 12 rings (SSSR count). The molecule has 10 aromatic carbocycles. The zero-order valence-electron chi connectivity index (χ0n) is 44.6. The first-order valence-electron chi connectivity index (χ1n) is 26.1. The molecule has 1 aromatic heterocycles. The van der Waals surface area contributed by atoms with Gasteiger partial charge in [-0.3, -0.25) is 13.7 Å². The normalized spacial score (nSPS) is 13.6. The van der Waals surface area contributed by atoms with E-state index in [-0.39, 0.29) is 39.4 Å². The minimum atomic E-state index is -0.499. The molecule has 8 heteroatoms. The molecule has 2 heterocycles. The number of hydrogen-bond acceptors (Lipinski definition) is 7. The van der Waals surface area contributed by atoms with Gasteiger partial charge in [-0.05, 0) is 108 Å². The summed E-state index contributed by atoms with van der Waals surface area (Å²) in [7, 11) is 2.15. The molecule has 1 atom stereocenters. The van der Waals surface area contributed by atoms with E-state index >= 15 is 0 Å². The summed E-state index contributed by atoms with van der Waals surface area (Å²) >= 11 is 0. The Labute approximate surface area is 450 Å². The number of aryl methyl sites for hydroxylation is 3. The highest BCUT2D eigenvalue weighted by Crippen LogP contribution is 2.54. The molecule has 0 amide bonds. The standard InChI is InChI=1S/C46H33NO6.C14H17N.C7H8.C2H6/c1-26-15-9-11-21-31(26)38-37(28-16-5-3-6-17-28)41(48)39-46(43(38)50)53-52-45-27(2)36(42(49)44(51)40(45)47(39)30-19-7-4-8-20-30)35-25-29-18-10-12-22-32(29)33-23-13-14-24-34(33)35;1-12-8-4-3-5-9-13-10-6-7-11-14(13)15(12)2;1-7-5-3-2-4-6-7;1-2/h3-25,48-51H,1-2H3;3-8,10-12H,9H2,1-2H3;2-6H,1H3;1-2H3/b;5-3-,8-4-;;. The summed E-state index contributed by atoms with van der Waals surface area (Å²) in [5, 5.41) is 53.1. The fourth-order valence-corrected chi connectivity index (χ4v) is 10.1. The zero-order chi connectivity index (χ0) is 54.2. The molecule has 0 radical (unpaired) electrons. The van der Waals surface area contributed by atoms with E-state index in [1.807, 2.05) is 160 Å². The highest BCUT2D eigenvalue weighted by molar-refractivity contribution is 6.16. The van der Waals surface area contributed by atoms with Crippen molar-refractivity contribution in [3.63, 3.8) is 0 Å². The largest absolute Gasteiger partial charge is 0.505 e. The quantitative estimate of drug-likeness (QED) is 0.0601. The number of benzene rings is 10. The number of hydrogen-bond donors (Lipinski definition) is 4. The summed E-state index contributed by atoms with van der Waals surface area (Å²) in [5.41, 5.74) is 8.89. The maximum absolute atomic E-state index is 12.6. The van der Waals surface area contributed by atoms with Crippen LogP contribution in [0.2, 0.25) is 0 Å². The third kappa shape index (κ3) is 10.4. The molecule has 1 unspecified atom stereocenters. The lowest BCUT2D eigenvalue weighted by atomic mass is 9.89. The van der Waals surface area contributed by atoms with Gasteiger partial charge in [0.05, 0.1) is 0 Å². The first kappa shape index (κ1) is 52.5. The molecule has 4 N–H and O–H groups in total. The molecule has 1 aliphatic rings. The van der Waals surface area contributed by atoms with Crippen LogP contribution in [0.15, 0.2) is 228 Å². The van der Waals surface area contributed by atoms with Crippen molar-refractivity contribution in [1.82, 2.24) is 4.57 Å². The molecule has 0 aliphatic carbocycles. The molecule has 77 heavy (non-hydrogen) atoms. The number of nitrogens with zero attached hydrogens (tertiary/aromatic N) is 2. The summed E-state index contributed by atoms with van der Waals surface area (Å²) in [6, 6.07) is 63.2. The highest BCUT2D eigenvalue weighted by Gasteiger charge is 2.30. The van der Waals surface area contributed by atoms with Gasteiger partial charge >= 0.3 is 0 Å². The van der Waals surface area contributed by atoms with Gasteiger partial charge in [0, 0.05) is 46.7 Å². The lowest BCUT2D eigenvalue weighted by molar-refractivity contribution is 0.0891. The van der Waals surface area contributed by atoms with Gasteiger partial charge in [0.1, 0.15) is 11.0 Å². The van der Waals surface area contributed by atoms with E-state index in [9.17, 15) is 20.4 Å². The smallest absolute Gasteiger partial charge is 0.248 e. The second-order valence-corrected chi connectivity index (χ2v) is 18.9. The summed E-state index contributed by atoms with van der Waals surface area (Å²) in [4.78, 5) is 2.32. The molecule has 0 saturated heterocycles. The Morgan fingerprint density at radius 1 is 0.494 bits per heavy atom. The second kappa shape index (κ2) is 23.4. The molecule has 8 nitrogen and oxygen atoms in total. The Balaban J connectivity index is 0.000000248. The summed E-state index contributed by atoms with van der Waals surface area (Å²) in [6.45, 7) is 12.0. The van der Waals surface area contributed by atoms with Crippen molar-refractivity contribution in [2.75, 3.05) is 11.9 Å². The number of phenolic OH excluding ortho intramolecular Hbond substituents is 4. The maximum atomic E-state index is 12.6. The van der Waals surface area contributed by atoms with Crippen LogP contribution in [-0.4, -0.2) is 38.1 Å². The van der Waals surface area contributed by atoms with Crippen molar-refractivity contribution < 1.29 is 29.6 Å². The fraction of sp³-hybridized carbons (Fsp3) is 0.130. The van der Waals surface area contributed by atoms with E-state index in [2.05, 4.69) is 92.6 Å². The minimum Gasteiger partial charge on any atom is -0.505 e. The van der Waals surface area contributed by atoms with Gasteiger partial charge < -0.3 is 25.3 Å². The molecular formula is C69H64N2O6. The molecule has 0 bridgehead atoms. The van der Waals surface area contributed by atoms with Gasteiger partial charge in [-0.2, -0.15) is 0 Å². The van der Waals surface area contributed by atoms with Crippen molar-refractivity contribution in [2.45, 2.75) is 54.0 Å². The second-order valence-electron chi connectivity index (χ2n) is 18.9. The van der Waals surface area contributed by atoms with Gasteiger partial charge in [-0.25, -0.2) is 0 Å². The molecule has 386 valence electrons. The Morgan fingerprint density at radius 2 is 1.06 bits per heavy atom. The Kier molecular flexibility index (Phi) is 16.0. The number of aromatic hydroxyl groups is 4. The van der Waals surface area contributed by atoms with Crippen LogP contribution in [0.5, 0.6) is 23.0 Å². The first-order valence-corrected chi connectivity index (χ1v) is 26.1. The number of fused-ring (bicyclic) bond motifs is 6. The van der Waals surface area contributed by atoms with Crippen molar-refractivity contribution in [3.05, 3.63) is 241 Å². The summed E-state index contributed by atoms with van der Waals surface area (Å²) in [6.07, 6.45) is 9.71. The predicted molar refractivity (Wildman–Crippen MR) is 319 cm³/mol. The monoisotopic (exact) mass is 1020 g/mol. The van der Waals surface area contributed by atoms with Crippen molar-refractivity contribution in [2.24, 2.45) is 0 Å². The lowest BCUT2D eigenvalue weighted by Gasteiger charge is -2.26. The average molecular weight is 1020 g/mol. The van der Waals surface area contributed by atoms with Gasteiger partial charge in [0.25, 0.3) is 0 Å². The molecule has 1 aliphatic heterocycles. The molecule has 0 spiro atoms. The van der Waals surface area contributed by atoms with E-state index in [4.69, 9.17) is 9.15 Å². The number of aromatic nitrogens is 1.